The molecule has 0 spiro atoms. The molecule has 0 saturated carbocycles. The van der Waals surface area contributed by atoms with Gasteiger partial charge in [0.25, 0.3) is 11.6 Å². The fourth-order valence-corrected chi connectivity index (χ4v) is 3.70. The van der Waals surface area contributed by atoms with Gasteiger partial charge in [0, 0.05) is 12.3 Å². The number of hydrogen-bond donors (Lipinski definition) is 1. The molecule has 1 amide bonds. The predicted octanol–water partition coefficient (Wildman–Crippen LogP) is 5.71. The molecule has 0 aliphatic carbocycles. The Morgan fingerprint density at radius 1 is 1.05 bits per heavy atom. The normalized spacial score (nSPS) is 10.7. The van der Waals surface area contributed by atoms with Crippen LogP contribution in [0.4, 0.5) is 11.4 Å². The van der Waals surface area contributed by atoms with Crippen molar-refractivity contribution in [1.82, 2.24) is 9.78 Å². The van der Waals surface area contributed by atoms with Crippen molar-refractivity contribution in [3.8, 4) is 17.2 Å². The molecule has 2 aromatic heterocycles. The first-order chi connectivity index (χ1) is 18.4. The van der Waals surface area contributed by atoms with Crippen molar-refractivity contribution in [3.63, 3.8) is 0 Å². The number of benzene rings is 2. The van der Waals surface area contributed by atoms with Gasteiger partial charge in [-0.1, -0.05) is 17.7 Å². The van der Waals surface area contributed by atoms with Crippen molar-refractivity contribution >= 4 is 28.9 Å². The van der Waals surface area contributed by atoms with Gasteiger partial charge in [-0.3, -0.25) is 19.6 Å². The molecule has 198 valence electrons. The molecule has 4 rings (SSSR count). The molecule has 12 heteroatoms. The summed E-state index contributed by atoms with van der Waals surface area (Å²) < 4.78 is 24.1. The number of carbonyl (C=O) groups is 1. The van der Waals surface area contributed by atoms with Gasteiger partial charge >= 0.3 is 0 Å². The van der Waals surface area contributed by atoms with Gasteiger partial charge in [0.15, 0.2) is 17.3 Å². The summed E-state index contributed by atoms with van der Waals surface area (Å²) in [4.78, 5) is 23.1. The van der Waals surface area contributed by atoms with Crippen molar-refractivity contribution in [2.75, 3.05) is 18.5 Å². The molecule has 38 heavy (non-hydrogen) atoms. The molecule has 2 heterocycles. The number of rotatable bonds is 12. The molecule has 1 N–H and O–H groups in total. The first-order valence-corrected chi connectivity index (χ1v) is 12.1. The van der Waals surface area contributed by atoms with E-state index in [1.54, 1.807) is 16.9 Å². The summed E-state index contributed by atoms with van der Waals surface area (Å²) in [5.74, 6) is 1.42. The van der Waals surface area contributed by atoms with E-state index in [1.807, 2.05) is 32.0 Å². The Kier molecular flexibility index (Phi) is 8.49. The van der Waals surface area contributed by atoms with E-state index < -0.39 is 10.8 Å². The molecule has 2 aromatic carbocycles. The Bertz CT molecular complexity index is 1430. The van der Waals surface area contributed by atoms with Crippen LogP contribution in [0.5, 0.6) is 17.2 Å². The molecule has 0 aliphatic rings. The van der Waals surface area contributed by atoms with Gasteiger partial charge in [0.05, 0.1) is 47.7 Å². The molecule has 0 radical (unpaired) electrons. The van der Waals surface area contributed by atoms with E-state index in [0.717, 1.165) is 5.56 Å². The summed E-state index contributed by atoms with van der Waals surface area (Å²) in [7, 11) is 0. The number of amides is 1. The van der Waals surface area contributed by atoms with Crippen LogP contribution in [0.2, 0.25) is 5.02 Å². The van der Waals surface area contributed by atoms with Gasteiger partial charge in [-0.2, -0.15) is 5.10 Å². The minimum atomic E-state index is -0.545. The van der Waals surface area contributed by atoms with Gasteiger partial charge in [0.1, 0.15) is 18.1 Å². The maximum Gasteiger partial charge on any atom is 0.291 e. The lowest BCUT2D eigenvalue weighted by Crippen LogP contribution is -2.10. The van der Waals surface area contributed by atoms with Gasteiger partial charge in [0.2, 0.25) is 0 Å². The van der Waals surface area contributed by atoms with Crippen molar-refractivity contribution in [2.24, 2.45) is 0 Å². The summed E-state index contributed by atoms with van der Waals surface area (Å²) in [5, 5.41) is 18.2. The maximum atomic E-state index is 12.6. The minimum absolute atomic E-state index is 0.0642. The summed E-state index contributed by atoms with van der Waals surface area (Å²) in [6.07, 6.45) is 3.24. The Hall–Kier alpha value is -4.51. The third kappa shape index (κ3) is 6.62. The number of aromatic nitrogens is 2. The van der Waals surface area contributed by atoms with E-state index in [0.29, 0.717) is 42.7 Å². The quantitative estimate of drug-likeness (QED) is 0.178. The SMILES string of the molecule is CCOc1ccc(Cn2cc(NC(=O)c3ccc(COc4cc([N+](=O)[O-])ccc4Cl)o3)cn2)cc1OCC. The Morgan fingerprint density at radius 3 is 2.61 bits per heavy atom. The van der Waals surface area contributed by atoms with Gasteiger partial charge in [-0.25, -0.2) is 0 Å². The highest BCUT2D eigenvalue weighted by Gasteiger charge is 2.15. The number of halogens is 1. The molecular formula is C26H25ClN4O7. The van der Waals surface area contributed by atoms with Gasteiger partial charge < -0.3 is 23.9 Å². The first kappa shape index (κ1) is 26.6. The zero-order valence-corrected chi connectivity index (χ0v) is 21.4. The smallest absolute Gasteiger partial charge is 0.291 e. The fourth-order valence-electron chi connectivity index (χ4n) is 3.53. The largest absolute Gasteiger partial charge is 0.490 e. The average molecular weight is 541 g/mol. The molecule has 11 nitrogen and oxygen atoms in total. The molecule has 0 atom stereocenters. The zero-order valence-electron chi connectivity index (χ0n) is 20.7. The molecule has 4 aromatic rings. The number of anilines is 1. The second-order valence-corrected chi connectivity index (χ2v) is 8.36. The van der Waals surface area contributed by atoms with Crippen LogP contribution in [0, 0.1) is 10.1 Å². The number of nitro groups is 1. The number of nitro benzene ring substituents is 1. The number of ether oxygens (including phenoxy) is 3. The minimum Gasteiger partial charge on any atom is -0.490 e. The summed E-state index contributed by atoms with van der Waals surface area (Å²) >= 11 is 6.05. The van der Waals surface area contributed by atoms with E-state index in [4.69, 9.17) is 30.2 Å². The van der Waals surface area contributed by atoms with E-state index in [1.165, 1.54) is 30.5 Å². The maximum absolute atomic E-state index is 12.6. The Morgan fingerprint density at radius 2 is 1.84 bits per heavy atom. The lowest BCUT2D eigenvalue weighted by Gasteiger charge is -2.12. The number of hydrogen-bond acceptors (Lipinski definition) is 8. The van der Waals surface area contributed by atoms with Crippen molar-refractivity contribution in [3.05, 3.63) is 93.1 Å². The highest BCUT2D eigenvalue weighted by Crippen LogP contribution is 2.30. The zero-order chi connectivity index (χ0) is 27.1. The predicted molar refractivity (Wildman–Crippen MR) is 139 cm³/mol. The van der Waals surface area contributed by atoms with E-state index in [9.17, 15) is 14.9 Å². The van der Waals surface area contributed by atoms with Crippen LogP contribution in [0.1, 0.15) is 35.7 Å². The molecule has 0 bridgehead atoms. The third-order valence-electron chi connectivity index (χ3n) is 5.22. The Balaban J connectivity index is 1.35. The molecular weight excluding hydrogens is 516 g/mol. The number of non-ortho nitro benzene ring substituents is 1. The van der Waals surface area contributed by atoms with Crippen molar-refractivity contribution in [2.45, 2.75) is 27.0 Å². The highest BCUT2D eigenvalue weighted by atomic mass is 35.5. The van der Waals surface area contributed by atoms with E-state index in [2.05, 4.69) is 10.4 Å². The van der Waals surface area contributed by atoms with Crippen LogP contribution in [-0.4, -0.2) is 33.8 Å². The van der Waals surface area contributed by atoms with Gasteiger partial charge in [-0.15, -0.1) is 0 Å². The van der Waals surface area contributed by atoms with Crippen LogP contribution in [0.3, 0.4) is 0 Å². The fraction of sp³-hybridized carbons (Fsp3) is 0.231. The second kappa shape index (κ2) is 12.2. The standard InChI is InChI=1S/C26H25ClN4O7/c1-3-35-22-9-5-17(11-25(22)36-4-2)14-30-15-18(13-28-30)29-26(32)23-10-7-20(38-23)16-37-24-12-19(31(33)34)6-8-21(24)27/h5-13,15H,3-4,14,16H2,1-2H3,(H,29,32). The number of carbonyl (C=O) groups excluding carboxylic acids is 1. The molecule has 0 fully saturated rings. The topological polar surface area (TPSA) is 131 Å². The summed E-state index contributed by atoms with van der Waals surface area (Å²) in [5.41, 5.74) is 1.29. The van der Waals surface area contributed by atoms with Crippen LogP contribution in [0.15, 0.2) is 65.3 Å². The van der Waals surface area contributed by atoms with Crippen LogP contribution < -0.4 is 19.5 Å². The van der Waals surface area contributed by atoms with E-state index >= 15 is 0 Å². The van der Waals surface area contributed by atoms with Gasteiger partial charge in [-0.05, 0) is 49.7 Å². The Labute approximate surface area is 223 Å². The summed E-state index contributed by atoms with van der Waals surface area (Å²) in [6, 6.07) is 12.7. The lowest BCUT2D eigenvalue weighted by atomic mass is 10.2. The molecule has 0 unspecified atom stereocenters. The van der Waals surface area contributed by atoms with Crippen LogP contribution in [-0.2, 0) is 13.2 Å². The molecule has 0 aliphatic heterocycles. The van der Waals surface area contributed by atoms with E-state index in [-0.39, 0.29) is 28.8 Å². The lowest BCUT2D eigenvalue weighted by molar-refractivity contribution is -0.384. The monoisotopic (exact) mass is 540 g/mol. The third-order valence-corrected chi connectivity index (χ3v) is 5.54. The number of nitrogens with zero attached hydrogens (tertiary/aromatic N) is 3. The number of nitrogens with one attached hydrogen (secondary N) is 1. The molecule has 0 saturated heterocycles. The number of furan rings is 1. The average Bonchev–Trinajstić information content (AvgIpc) is 3.55. The van der Waals surface area contributed by atoms with Crippen LogP contribution in [0.25, 0.3) is 0 Å². The second-order valence-electron chi connectivity index (χ2n) is 7.95. The first-order valence-electron chi connectivity index (χ1n) is 11.7. The summed E-state index contributed by atoms with van der Waals surface area (Å²) in [6.45, 7) is 5.27. The van der Waals surface area contributed by atoms with Crippen LogP contribution >= 0.6 is 11.6 Å². The van der Waals surface area contributed by atoms with Crippen molar-refractivity contribution in [1.29, 1.82) is 0 Å². The highest BCUT2D eigenvalue weighted by molar-refractivity contribution is 6.32. The van der Waals surface area contributed by atoms with Crippen molar-refractivity contribution < 1.29 is 28.3 Å².